The van der Waals surface area contributed by atoms with Gasteiger partial charge in [0.15, 0.2) is 5.76 Å². The number of rotatable bonds is 11. The van der Waals surface area contributed by atoms with E-state index < -0.39 is 0 Å². The van der Waals surface area contributed by atoms with Gasteiger partial charge >= 0.3 is 0 Å². The summed E-state index contributed by atoms with van der Waals surface area (Å²) in [6.07, 6.45) is 0. The van der Waals surface area contributed by atoms with Gasteiger partial charge in [-0.3, -0.25) is 14.5 Å². The molecule has 0 fully saturated rings. The maximum atomic E-state index is 12.6. The van der Waals surface area contributed by atoms with E-state index in [-0.39, 0.29) is 24.2 Å². The molecule has 0 bridgehead atoms. The number of para-hydroxylation sites is 2. The van der Waals surface area contributed by atoms with Crippen LogP contribution in [0.5, 0.6) is 5.75 Å². The number of fused-ring (bicyclic) bond motifs is 1. The third-order valence-corrected chi connectivity index (χ3v) is 6.15. The lowest BCUT2D eigenvalue weighted by Gasteiger charge is -2.18. The molecule has 0 radical (unpaired) electrons. The summed E-state index contributed by atoms with van der Waals surface area (Å²) < 4.78 is 11.5. The molecule has 4 rings (SSSR count). The monoisotopic (exact) mass is 500 g/mol. The molecule has 0 spiro atoms. The molecule has 0 atom stereocenters. The summed E-state index contributed by atoms with van der Waals surface area (Å²) in [5, 5.41) is 6.58. The van der Waals surface area contributed by atoms with Gasteiger partial charge in [0.2, 0.25) is 0 Å². The Morgan fingerprint density at radius 1 is 0.946 bits per heavy atom. The van der Waals surface area contributed by atoms with Crippen molar-refractivity contribution in [2.45, 2.75) is 20.4 Å². The highest BCUT2D eigenvalue weighted by Crippen LogP contribution is 2.24. The van der Waals surface area contributed by atoms with Crippen molar-refractivity contribution in [1.29, 1.82) is 0 Å². The number of nitrogen functional groups attached to an aromatic ring is 1. The molecule has 0 aliphatic heterocycles. The zero-order valence-corrected chi connectivity index (χ0v) is 21.1. The fourth-order valence-corrected chi connectivity index (χ4v) is 3.99. The van der Waals surface area contributed by atoms with Crippen LogP contribution in [0.4, 0.5) is 11.4 Å². The second-order valence-corrected chi connectivity index (χ2v) is 8.57. The van der Waals surface area contributed by atoms with Crippen molar-refractivity contribution in [2.24, 2.45) is 0 Å². The number of hydrogen-bond acceptors (Lipinski definition) is 6. The van der Waals surface area contributed by atoms with Gasteiger partial charge in [0.25, 0.3) is 11.8 Å². The van der Waals surface area contributed by atoms with Crippen molar-refractivity contribution in [3.8, 4) is 5.75 Å². The molecular weight excluding hydrogens is 468 g/mol. The van der Waals surface area contributed by atoms with Crippen molar-refractivity contribution in [1.82, 2.24) is 10.2 Å². The van der Waals surface area contributed by atoms with Crippen molar-refractivity contribution >= 4 is 34.2 Å². The van der Waals surface area contributed by atoms with Gasteiger partial charge in [-0.25, -0.2) is 0 Å². The van der Waals surface area contributed by atoms with Crippen LogP contribution >= 0.6 is 0 Å². The molecule has 0 unspecified atom stereocenters. The molecule has 1 heterocycles. The van der Waals surface area contributed by atoms with Gasteiger partial charge in [-0.2, -0.15) is 0 Å². The number of ether oxygens (including phenoxy) is 1. The van der Waals surface area contributed by atoms with Gasteiger partial charge in [-0.1, -0.05) is 38.1 Å². The number of carbonyl (C=O) groups excluding carboxylic acids is 2. The molecule has 1 aromatic heterocycles. The van der Waals surface area contributed by atoms with Crippen LogP contribution in [0.3, 0.4) is 0 Å². The third-order valence-electron chi connectivity index (χ3n) is 6.15. The van der Waals surface area contributed by atoms with Crippen LogP contribution in [-0.2, 0) is 6.54 Å². The summed E-state index contributed by atoms with van der Waals surface area (Å²) in [5.41, 5.74) is 9.26. The molecule has 8 heteroatoms. The summed E-state index contributed by atoms with van der Waals surface area (Å²) in [7, 11) is 0. The molecule has 0 saturated heterocycles. The average molecular weight is 501 g/mol. The number of furan rings is 1. The lowest BCUT2D eigenvalue weighted by Crippen LogP contribution is -2.27. The smallest absolute Gasteiger partial charge is 0.287 e. The number of benzene rings is 3. The first-order valence-corrected chi connectivity index (χ1v) is 12.4. The lowest BCUT2D eigenvalue weighted by molar-refractivity contribution is 0.0921. The van der Waals surface area contributed by atoms with Gasteiger partial charge in [-0.15, -0.1) is 0 Å². The summed E-state index contributed by atoms with van der Waals surface area (Å²) in [6, 6.07) is 21.5. The largest absolute Gasteiger partial charge is 0.492 e. The van der Waals surface area contributed by atoms with Crippen molar-refractivity contribution in [3.63, 3.8) is 0 Å². The summed E-state index contributed by atoms with van der Waals surface area (Å²) in [4.78, 5) is 27.4. The van der Waals surface area contributed by atoms with E-state index in [1.54, 1.807) is 54.6 Å². The molecule has 4 aromatic rings. The first-order chi connectivity index (χ1) is 18.0. The predicted octanol–water partition coefficient (Wildman–Crippen LogP) is 4.92. The first kappa shape index (κ1) is 25.8. The van der Waals surface area contributed by atoms with Crippen molar-refractivity contribution in [3.05, 3.63) is 89.7 Å². The minimum Gasteiger partial charge on any atom is -0.492 e. The minimum absolute atomic E-state index is 0.261. The van der Waals surface area contributed by atoms with Crippen LogP contribution in [0.25, 0.3) is 11.0 Å². The topological polar surface area (TPSA) is 110 Å². The molecular formula is C29H32N4O4. The zero-order valence-electron chi connectivity index (χ0n) is 21.1. The number of carbonyl (C=O) groups is 2. The van der Waals surface area contributed by atoms with Gasteiger partial charge in [0.05, 0.1) is 17.9 Å². The van der Waals surface area contributed by atoms with E-state index in [0.717, 1.165) is 30.6 Å². The molecule has 0 aliphatic rings. The molecule has 192 valence electrons. The van der Waals surface area contributed by atoms with Crippen LogP contribution in [-0.4, -0.2) is 43.0 Å². The Labute approximate surface area is 216 Å². The molecule has 0 aliphatic carbocycles. The van der Waals surface area contributed by atoms with Gasteiger partial charge < -0.3 is 25.5 Å². The van der Waals surface area contributed by atoms with Crippen molar-refractivity contribution in [2.75, 3.05) is 37.3 Å². The molecule has 2 amide bonds. The summed E-state index contributed by atoms with van der Waals surface area (Å²) in [6.45, 7) is 7.55. The van der Waals surface area contributed by atoms with E-state index in [1.807, 2.05) is 12.1 Å². The Balaban J connectivity index is 1.27. The Morgan fingerprint density at radius 3 is 2.43 bits per heavy atom. The average Bonchev–Trinajstić information content (AvgIpc) is 3.37. The quantitative estimate of drug-likeness (QED) is 0.199. The van der Waals surface area contributed by atoms with Crippen LogP contribution in [0, 0.1) is 0 Å². The highest BCUT2D eigenvalue weighted by molar-refractivity contribution is 6.05. The molecule has 0 saturated carbocycles. The minimum atomic E-state index is -0.291. The second kappa shape index (κ2) is 12.1. The van der Waals surface area contributed by atoms with Crippen LogP contribution in [0.1, 0.15) is 40.3 Å². The first-order valence-electron chi connectivity index (χ1n) is 12.4. The maximum Gasteiger partial charge on any atom is 0.287 e. The Bertz CT molecular complexity index is 1360. The number of nitrogens with zero attached hydrogens (tertiary/aromatic N) is 1. The normalized spacial score (nSPS) is 11.0. The van der Waals surface area contributed by atoms with Gasteiger partial charge in [0.1, 0.15) is 17.9 Å². The highest BCUT2D eigenvalue weighted by Gasteiger charge is 2.15. The fourth-order valence-electron chi connectivity index (χ4n) is 3.99. The number of nitrogens with two attached hydrogens (primary N) is 1. The number of amides is 2. The van der Waals surface area contributed by atoms with Gasteiger partial charge in [0, 0.05) is 17.5 Å². The van der Waals surface area contributed by atoms with E-state index in [0.29, 0.717) is 34.8 Å². The standard InChI is InChI=1S/C29H32N4O4/c1-3-33(4-2)19-21-8-7-11-26-23(21)18-27(37-26)29(35)31-16-17-36-22-14-12-20(13-15-22)28(34)32-25-10-6-5-9-24(25)30/h5-15,18H,3-4,16-17,19,30H2,1-2H3,(H,31,35)(H,32,34). The molecule has 8 nitrogen and oxygen atoms in total. The van der Waals surface area contributed by atoms with Crippen LogP contribution in [0.15, 0.2) is 77.2 Å². The van der Waals surface area contributed by atoms with E-state index >= 15 is 0 Å². The Morgan fingerprint density at radius 2 is 1.70 bits per heavy atom. The maximum absolute atomic E-state index is 12.6. The third kappa shape index (κ3) is 6.48. The fraction of sp³-hybridized carbons (Fsp3) is 0.241. The molecule has 3 aromatic carbocycles. The van der Waals surface area contributed by atoms with E-state index in [1.165, 1.54) is 0 Å². The van der Waals surface area contributed by atoms with E-state index in [9.17, 15) is 9.59 Å². The van der Waals surface area contributed by atoms with Crippen LogP contribution in [0.2, 0.25) is 0 Å². The molecule has 4 N–H and O–H groups in total. The molecule has 37 heavy (non-hydrogen) atoms. The summed E-state index contributed by atoms with van der Waals surface area (Å²) in [5.74, 6) is 0.315. The lowest BCUT2D eigenvalue weighted by atomic mass is 10.1. The summed E-state index contributed by atoms with van der Waals surface area (Å²) >= 11 is 0. The van der Waals surface area contributed by atoms with Crippen molar-refractivity contribution < 1.29 is 18.7 Å². The Kier molecular flexibility index (Phi) is 8.43. The predicted molar refractivity (Wildman–Crippen MR) is 146 cm³/mol. The Hall–Kier alpha value is -4.30. The number of hydrogen-bond donors (Lipinski definition) is 3. The second-order valence-electron chi connectivity index (χ2n) is 8.57. The van der Waals surface area contributed by atoms with E-state index in [4.69, 9.17) is 14.9 Å². The number of anilines is 2. The highest BCUT2D eigenvalue weighted by atomic mass is 16.5. The van der Waals surface area contributed by atoms with Crippen LogP contribution < -0.4 is 21.1 Å². The number of nitrogens with one attached hydrogen (secondary N) is 2. The van der Waals surface area contributed by atoms with Gasteiger partial charge in [-0.05, 0) is 67.2 Å². The SMILES string of the molecule is CCN(CC)Cc1cccc2oc(C(=O)NCCOc3ccc(C(=O)Nc4ccccc4N)cc3)cc12. The van der Waals surface area contributed by atoms with E-state index in [2.05, 4.69) is 35.4 Å². The zero-order chi connectivity index (χ0) is 26.2.